The first kappa shape index (κ1) is 30.0. The van der Waals surface area contributed by atoms with Crippen LogP contribution in [-0.4, -0.2) is 84.5 Å². The van der Waals surface area contributed by atoms with Crippen molar-refractivity contribution >= 4 is 18.9 Å². The van der Waals surface area contributed by atoms with E-state index in [0.717, 1.165) is 18.9 Å². The molecule has 10 nitrogen and oxygen atoms in total. The van der Waals surface area contributed by atoms with Crippen LogP contribution in [0.25, 0.3) is 0 Å². The smallest absolute Gasteiger partial charge is 0.161 e. The van der Waals surface area contributed by atoms with Gasteiger partial charge in [0.1, 0.15) is 38.7 Å². The number of carbonyl (C=O) groups is 3. The first-order chi connectivity index (χ1) is 19.5. The zero-order chi connectivity index (χ0) is 28.7. The molecule has 40 heavy (non-hydrogen) atoms. The fourth-order valence-corrected chi connectivity index (χ4v) is 3.82. The zero-order valence-electron chi connectivity index (χ0n) is 22.8. The molecule has 0 aromatic heterocycles. The second-order valence-corrected chi connectivity index (χ2v) is 8.47. The van der Waals surface area contributed by atoms with Gasteiger partial charge in [-0.15, -0.1) is 0 Å². The number of rotatable bonds is 18. The van der Waals surface area contributed by atoms with Crippen LogP contribution in [0.5, 0.6) is 34.5 Å². The number of hydrogen-bond acceptors (Lipinski definition) is 10. The van der Waals surface area contributed by atoms with Gasteiger partial charge in [-0.1, -0.05) is 0 Å². The van der Waals surface area contributed by atoms with Crippen LogP contribution in [0, 0.1) is 0 Å². The van der Waals surface area contributed by atoms with Crippen LogP contribution < -0.4 is 28.4 Å². The number of nitrogens with zero attached hydrogens (tertiary/aromatic N) is 1. The molecular weight excluding hydrogens is 518 g/mol. The molecule has 0 amide bonds. The third-order valence-corrected chi connectivity index (χ3v) is 5.97. The van der Waals surface area contributed by atoms with Crippen molar-refractivity contribution in [1.82, 2.24) is 4.90 Å². The zero-order valence-corrected chi connectivity index (χ0v) is 22.8. The molecule has 0 aliphatic carbocycles. The third kappa shape index (κ3) is 8.47. The van der Waals surface area contributed by atoms with Crippen LogP contribution in [-0.2, 0) is 0 Å². The summed E-state index contributed by atoms with van der Waals surface area (Å²) < 4.78 is 33.9. The molecule has 3 aromatic rings. The minimum absolute atomic E-state index is 0.339. The summed E-state index contributed by atoms with van der Waals surface area (Å²) in [5.74, 6) is 3.00. The summed E-state index contributed by atoms with van der Waals surface area (Å²) in [6, 6.07) is 14.9. The summed E-state index contributed by atoms with van der Waals surface area (Å²) in [6.07, 6.45) is 2.24. The summed E-state index contributed by atoms with van der Waals surface area (Å²) in [5, 5.41) is 0. The van der Waals surface area contributed by atoms with Crippen LogP contribution in [0.3, 0.4) is 0 Å². The lowest BCUT2D eigenvalue weighted by molar-refractivity contribution is 0.111. The quantitative estimate of drug-likeness (QED) is 0.215. The van der Waals surface area contributed by atoms with Gasteiger partial charge in [-0.2, -0.15) is 0 Å². The second-order valence-electron chi connectivity index (χ2n) is 8.47. The highest BCUT2D eigenvalue weighted by Gasteiger charge is 2.12. The Morgan fingerprint density at radius 3 is 1.05 bits per heavy atom. The van der Waals surface area contributed by atoms with Gasteiger partial charge in [-0.05, 0) is 54.6 Å². The van der Waals surface area contributed by atoms with Crippen molar-refractivity contribution in [1.29, 1.82) is 0 Å². The molecule has 0 radical (unpaired) electrons. The van der Waals surface area contributed by atoms with Crippen LogP contribution in [0.1, 0.15) is 31.1 Å². The van der Waals surface area contributed by atoms with E-state index in [2.05, 4.69) is 4.90 Å². The Morgan fingerprint density at radius 2 is 0.800 bits per heavy atom. The van der Waals surface area contributed by atoms with E-state index < -0.39 is 0 Å². The van der Waals surface area contributed by atoms with E-state index in [-0.39, 0.29) is 0 Å². The van der Waals surface area contributed by atoms with Crippen molar-refractivity contribution < 1.29 is 42.8 Å². The van der Waals surface area contributed by atoms with E-state index in [4.69, 9.17) is 28.4 Å². The van der Waals surface area contributed by atoms with E-state index in [1.807, 2.05) is 0 Å². The van der Waals surface area contributed by atoms with Gasteiger partial charge in [0.25, 0.3) is 0 Å². The molecule has 0 atom stereocenters. The summed E-state index contributed by atoms with van der Waals surface area (Å²) >= 11 is 0. The third-order valence-electron chi connectivity index (χ3n) is 5.97. The van der Waals surface area contributed by atoms with Crippen LogP contribution in [0.2, 0.25) is 0 Å². The Morgan fingerprint density at radius 1 is 0.500 bits per heavy atom. The predicted molar refractivity (Wildman–Crippen MR) is 148 cm³/mol. The molecule has 0 fully saturated rings. The van der Waals surface area contributed by atoms with E-state index in [1.165, 1.54) is 21.3 Å². The maximum Gasteiger partial charge on any atom is 0.161 e. The van der Waals surface area contributed by atoms with Crippen LogP contribution in [0.4, 0.5) is 0 Å². The highest BCUT2D eigenvalue weighted by Crippen LogP contribution is 2.29. The van der Waals surface area contributed by atoms with Crippen molar-refractivity contribution in [3.05, 3.63) is 71.3 Å². The minimum Gasteiger partial charge on any atom is -0.493 e. The van der Waals surface area contributed by atoms with Crippen molar-refractivity contribution in [2.24, 2.45) is 0 Å². The van der Waals surface area contributed by atoms with Gasteiger partial charge in [0.05, 0.1) is 21.3 Å². The number of aldehydes is 3. The molecule has 0 N–H and O–H groups in total. The molecule has 0 spiro atoms. The average Bonchev–Trinajstić information content (AvgIpc) is 3.00. The largest absolute Gasteiger partial charge is 0.493 e. The lowest BCUT2D eigenvalue weighted by Gasteiger charge is -2.23. The number of hydrogen-bond donors (Lipinski definition) is 0. The Hall–Kier alpha value is -4.57. The normalized spacial score (nSPS) is 10.5. The first-order valence-electron chi connectivity index (χ1n) is 12.6. The van der Waals surface area contributed by atoms with Crippen molar-refractivity contribution in [3.8, 4) is 34.5 Å². The fourth-order valence-electron chi connectivity index (χ4n) is 3.82. The SMILES string of the molecule is COc1cc(C=O)ccc1OCCN(CCOc1ccc(C=O)cc1OC)CCOc1ccc(C=O)cc1OC. The summed E-state index contributed by atoms with van der Waals surface area (Å²) in [5.41, 5.74) is 1.48. The van der Waals surface area contributed by atoms with E-state index in [0.29, 0.717) is 90.6 Å². The van der Waals surface area contributed by atoms with Gasteiger partial charge in [-0.3, -0.25) is 19.3 Å². The number of ether oxygens (including phenoxy) is 6. The molecule has 0 saturated heterocycles. The lowest BCUT2D eigenvalue weighted by Crippen LogP contribution is -2.35. The molecule has 0 heterocycles. The van der Waals surface area contributed by atoms with Gasteiger partial charge in [0, 0.05) is 36.3 Å². The molecule has 212 valence electrons. The van der Waals surface area contributed by atoms with Gasteiger partial charge >= 0.3 is 0 Å². The Balaban J connectivity index is 1.63. The minimum atomic E-state index is 0.339. The molecule has 3 rings (SSSR count). The lowest BCUT2D eigenvalue weighted by atomic mass is 10.2. The molecule has 3 aromatic carbocycles. The fraction of sp³-hybridized carbons (Fsp3) is 0.300. The highest BCUT2D eigenvalue weighted by molar-refractivity contribution is 5.77. The highest BCUT2D eigenvalue weighted by atomic mass is 16.5. The topological polar surface area (TPSA) is 110 Å². The Labute approximate surface area is 233 Å². The van der Waals surface area contributed by atoms with E-state index >= 15 is 0 Å². The maximum absolute atomic E-state index is 11.1. The molecule has 0 bridgehead atoms. The van der Waals surface area contributed by atoms with Crippen molar-refractivity contribution in [2.45, 2.75) is 0 Å². The Bertz CT molecular complexity index is 1120. The number of carbonyl (C=O) groups excluding carboxylic acids is 3. The number of methoxy groups -OCH3 is 3. The van der Waals surface area contributed by atoms with Gasteiger partial charge in [0.2, 0.25) is 0 Å². The van der Waals surface area contributed by atoms with Crippen molar-refractivity contribution in [2.75, 3.05) is 60.8 Å². The van der Waals surface area contributed by atoms with Gasteiger partial charge < -0.3 is 28.4 Å². The molecule has 0 saturated carbocycles. The van der Waals surface area contributed by atoms with Gasteiger partial charge in [0.15, 0.2) is 34.5 Å². The predicted octanol–water partition coefficient (Wildman–Crippen LogP) is 3.99. The van der Waals surface area contributed by atoms with E-state index in [1.54, 1.807) is 54.6 Å². The van der Waals surface area contributed by atoms with Crippen LogP contribution >= 0.6 is 0 Å². The molecule has 10 heteroatoms. The molecule has 0 aliphatic rings. The van der Waals surface area contributed by atoms with Crippen molar-refractivity contribution in [3.63, 3.8) is 0 Å². The average molecular weight is 552 g/mol. The molecule has 0 aliphatic heterocycles. The monoisotopic (exact) mass is 551 g/mol. The van der Waals surface area contributed by atoms with Crippen LogP contribution in [0.15, 0.2) is 54.6 Å². The van der Waals surface area contributed by atoms with Gasteiger partial charge in [-0.25, -0.2) is 0 Å². The second kappa shape index (κ2) is 15.7. The van der Waals surface area contributed by atoms with E-state index in [9.17, 15) is 14.4 Å². The number of benzene rings is 3. The first-order valence-corrected chi connectivity index (χ1v) is 12.6. The molecular formula is C30H33NO9. The standard InChI is InChI=1S/C30H33NO9/c1-35-28-16-22(19-32)4-7-25(28)38-13-10-31(11-14-39-26-8-5-23(20-33)17-29(26)36-2)12-15-40-27-9-6-24(21-34)18-30(27)37-3/h4-9,16-21H,10-15H2,1-3H3. The summed E-state index contributed by atoms with van der Waals surface area (Å²) in [4.78, 5) is 35.3. The summed E-state index contributed by atoms with van der Waals surface area (Å²) in [6.45, 7) is 2.62. The molecule has 0 unspecified atom stereocenters. The summed E-state index contributed by atoms with van der Waals surface area (Å²) in [7, 11) is 4.55. The maximum atomic E-state index is 11.1. The Kier molecular flexibility index (Phi) is 11.8.